The van der Waals surface area contributed by atoms with E-state index >= 15 is 0 Å². The highest BCUT2D eigenvalue weighted by Crippen LogP contribution is 2.18. The molecular formula is C11H12O4S. The van der Waals surface area contributed by atoms with Gasteiger partial charge in [-0.25, -0.2) is 4.79 Å². The second-order valence-electron chi connectivity index (χ2n) is 2.96. The first kappa shape index (κ1) is 12.4. The molecule has 1 aromatic heterocycles. The van der Waals surface area contributed by atoms with Gasteiger partial charge in [-0.1, -0.05) is 0 Å². The van der Waals surface area contributed by atoms with Crippen LogP contribution in [0.1, 0.15) is 16.7 Å². The van der Waals surface area contributed by atoms with Crippen LogP contribution in [-0.4, -0.2) is 23.7 Å². The molecule has 1 N–H and O–H groups in total. The minimum absolute atomic E-state index is 0.0118. The zero-order valence-corrected chi connectivity index (χ0v) is 9.62. The highest BCUT2D eigenvalue weighted by Gasteiger charge is 2.03. The fraction of sp³-hybridized carbons (Fsp3) is 0.273. The molecule has 0 saturated carbocycles. The number of carbonyl (C=O) groups is 2. The van der Waals surface area contributed by atoms with Crippen LogP contribution < -0.4 is 0 Å². The number of esters is 1. The summed E-state index contributed by atoms with van der Waals surface area (Å²) < 4.78 is 4.72. The second kappa shape index (κ2) is 6.07. The number of carboxylic acid groups (broad SMARTS) is 1. The third-order valence-electron chi connectivity index (χ3n) is 1.68. The highest BCUT2D eigenvalue weighted by atomic mass is 32.1. The molecule has 0 aliphatic heterocycles. The first-order valence-electron chi connectivity index (χ1n) is 4.77. The number of aliphatic carboxylic acids is 1. The van der Waals surface area contributed by atoms with Crippen molar-refractivity contribution in [3.8, 4) is 0 Å². The van der Waals surface area contributed by atoms with Crippen molar-refractivity contribution in [2.75, 3.05) is 6.61 Å². The zero-order valence-electron chi connectivity index (χ0n) is 8.80. The fourth-order valence-electron chi connectivity index (χ4n) is 1.07. The molecule has 0 aliphatic rings. The summed E-state index contributed by atoms with van der Waals surface area (Å²) >= 11 is 1.35. The summed E-state index contributed by atoms with van der Waals surface area (Å²) in [6.07, 6.45) is 2.96. The molecule has 1 rings (SSSR count). The second-order valence-corrected chi connectivity index (χ2v) is 4.16. The van der Waals surface area contributed by atoms with Crippen molar-refractivity contribution in [2.24, 2.45) is 0 Å². The van der Waals surface area contributed by atoms with Crippen molar-refractivity contribution in [1.29, 1.82) is 0 Å². The average molecular weight is 240 g/mol. The Bertz CT molecular complexity index is 406. The Labute approximate surface area is 97.2 Å². The van der Waals surface area contributed by atoms with Crippen LogP contribution in [0.15, 0.2) is 18.2 Å². The third kappa shape index (κ3) is 4.27. The van der Waals surface area contributed by atoms with Crippen LogP contribution >= 0.6 is 11.3 Å². The van der Waals surface area contributed by atoms with Crippen LogP contribution in [0.3, 0.4) is 0 Å². The van der Waals surface area contributed by atoms with E-state index in [1.165, 1.54) is 17.4 Å². The smallest absolute Gasteiger partial charge is 0.330 e. The third-order valence-corrected chi connectivity index (χ3v) is 2.73. The van der Waals surface area contributed by atoms with Crippen LogP contribution in [0.2, 0.25) is 0 Å². The van der Waals surface area contributed by atoms with Gasteiger partial charge in [-0.2, -0.15) is 0 Å². The van der Waals surface area contributed by atoms with Crippen LogP contribution in [0.5, 0.6) is 0 Å². The summed E-state index contributed by atoms with van der Waals surface area (Å²) in [6, 6.07) is 3.52. The van der Waals surface area contributed by atoms with Crippen molar-refractivity contribution in [2.45, 2.75) is 13.3 Å². The van der Waals surface area contributed by atoms with E-state index in [0.29, 0.717) is 6.61 Å². The van der Waals surface area contributed by atoms with Gasteiger partial charge in [-0.3, -0.25) is 4.79 Å². The number of rotatable bonds is 5. The van der Waals surface area contributed by atoms with Gasteiger partial charge >= 0.3 is 11.9 Å². The largest absolute Gasteiger partial charge is 0.481 e. The van der Waals surface area contributed by atoms with E-state index in [0.717, 1.165) is 9.75 Å². The molecule has 0 saturated heterocycles. The Balaban J connectivity index is 2.58. The molecule has 4 nitrogen and oxygen atoms in total. The Morgan fingerprint density at radius 1 is 1.50 bits per heavy atom. The summed E-state index contributed by atoms with van der Waals surface area (Å²) in [5, 5.41) is 8.58. The Hall–Kier alpha value is -1.62. The van der Waals surface area contributed by atoms with Crippen molar-refractivity contribution in [3.05, 3.63) is 28.0 Å². The normalized spacial score (nSPS) is 10.6. The van der Waals surface area contributed by atoms with E-state index in [9.17, 15) is 9.59 Å². The maximum Gasteiger partial charge on any atom is 0.330 e. The molecule has 0 unspecified atom stereocenters. The summed E-state index contributed by atoms with van der Waals surface area (Å²) in [6.45, 7) is 2.08. The molecule has 0 radical (unpaired) electrons. The van der Waals surface area contributed by atoms with E-state index in [-0.39, 0.29) is 6.42 Å². The monoisotopic (exact) mass is 240 g/mol. The Morgan fingerprint density at radius 3 is 2.88 bits per heavy atom. The quantitative estimate of drug-likeness (QED) is 0.631. The predicted octanol–water partition coefficient (Wildman–Crippen LogP) is 1.95. The SMILES string of the molecule is CCOC(=O)/C=C/c1ccc(CC(=O)O)s1. The zero-order chi connectivity index (χ0) is 12.0. The molecule has 16 heavy (non-hydrogen) atoms. The van der Waals surface area contributed by atoms with Gasteiger partial charge in [0.25, 0.3) is 0 Å². The van der Waals surface area contributed by atoms with Crippen LogP contribution in [0, 0.1) is 0 Å². The maximum atomic E-state index is 11.0. The Kier molecular flexibility index (Phi) is 4.72. The lowest BCUT2D eigenvalue weighted by Gasteiger charge is -1.93. The molecule has 1 aromatic rings. The molecule has 0 bridgehead atoms. The minimum atomic E-state index is -0.859. The van der Waals surface area contributed by atoms with Crippen LogP contribution in [0.25, 0.3) is 6.08 Å². The van der Waals surface area contributed by atoms with Crippen molar-refractivity contribution < 1.29 is 19.4 Å². The molecular weight excluding hydrogens is 228 g/mol. The minimum Gasteiger partial charge on any atom is -0.481 e. The standard InChI is InChI=1S/C11H12O4S/c1-2-15-11(14)6-5-8-3-4-9(16-8)7-10(12)13/h3-6H,2,7H2,1H3,(H,12,13)/b6-5+. The van der Waals surface area contributed by atoms with Gasteiger partial charge in [0.2, 0.25) is 0 Å². The highest BCUT2D eigenvalue weighted by molar-refractivity contribution is 7.13. The molecule has 0 aromatic carbocycles. The molecule has 0 amide bonds. The number of carboxylic acids is 1. The summed E-state index contributed by atoms with van der Waals surface area (Å²) in [5.74, 6) is -1.25. The number of hydrogen-bond acceptors (Lipinski definition) is 4. The lowest BCUT2D eigenvalue weighted by atomic mass is 10.3. The van der Waals surface area contributed by atoms with E-state index in [4.69, 9.17) is 9.84 Å². The van der Waals surface area contributed by atoms with Crippen LogP contribution in [-0.2, 0) is 20.7 Å². The summed E-state index contributed by atoms with van der Waals surface area (Å²) in [7, 11) is 0. The summed E-state index contributed by atoms with van der Waals surface area (Å²) in [4.78, 5) is 23.0. The van der Waals surface area contributed by atoms with Crippen LogP contribution in [0.4, 0.5) is 0 Å². The van der Waals surface area contributed by atoms with Gasteiger partial charge in [-0.15, -0.1) is 11.3 Å². The number of carbonyl (C=O) groups excluding carboxylic acids is 1. The molecule has 5 heteroatoms. The number of ether oxygens (including phenoxy) is 1. The first-order valence-corrected chi connectivity index (χ1v) is 5.58. The van der Waals surface area contributed by atoms with Gasteiger partial charge in [0.05, 0.1) is 13.0 Å². The number of thiophene rings is 1. The van der Waals surface area contributed by atoms with Gasteiger partial charge in [0, 0.05) is 15.8 Å². The fourth-order valence-corrected chi connectivity index (χ4v) is 1.98. The maximum absolute atomic E-state index is 11.0. The number of hydrogen-bond donors (Lipinski definition) is 1. The van der Waals surface area contributed by atoms with Gasteiger partial charge in [0.1, 0.15) is 0 Å². The predicted molar refractivity (Wildman–Crippen MR) is 61.3 cm³/mol. The lowest BCUT2D eigenvalue weighted by molar-refractivity contribution is -0.137. The van der Waals surface area contributed by atoms with E-state index in [1.807, 2.05) is 0 Å². The first-order chi connectivity index (χ1) is 7.61. The molecule has 0 spiro atoms. The molecule has 0 fully saturated rings. The van der Waals surface area contributed by atoms with Gasteiger partial charge in [0.15, 0.2) is 0 Å². The summed E-state index contributed by atoms with van der Waals surface area (Å²) in [5.41, 5.74) is 0. The molecule has 1 heterocycles. The van der Waals surface area contributed by atoms with Crippen molar-refractivity contribution in [3.63, 3.8) is 0 Å². The molecule has 0 aliphatic carbocycles. The Morgan fingerprint density at radius 2 is 2.25 bits per heavy atom. The van der Waals surface area contributed by atoms with E-state index in [2.05, 4.69) is 0 Å². The average Bonchev–Trinajstić information content (AvgIpc) is 2.62. The topological polar surface area (TPSA) is 63.6 Å². The van der Waals surface area contributed by atoms with Crippen molar-refractivity contribution in [1.82, 2.24) is 0 Å². The molecule has 0 atom stereocenters. The van der Waals surface area contributed by atoms with E-state index in [1.54, 1.807) is 25.1 Å². The van der Waals surface area contributed by atoms with Crippen molar-refractivity contribution >= 4 is 29.4 Å². The van der Waals surface area contributed by atoms with E-state index < -0.39 is 11.9 Å². The van der Waals surface area contributed by atoms with Gasteiger partial charge < -0.3 is 9.84 Å². The van der Waals surface area contributed by atoms with Gasteiger partial charge in [-0.05, 0) is 25.1 Å². The lowest BCUT2D eigenvalue weighted by Crippen LogP contribution is -1.98. The molecule has 86 valence electrons.